The Morgan fingerprint density at radius 1 is 1.05 bits per heavy atom. The zero-order chi connectivity index (χ0) is 13.8. The molecule has 0 saturated heterocycles. The fourth-order valence-corrected chi connectivity index (χ4v) is 2.02. The van der Waals surface area contributed by atoms with Gasteiger partial charge in [0.2, 0.25) is 0 Å². The maximum Gasteiger partial charge on any atom is 0.159 e. The van der Waals surface area contributed by atoms with Gasteiger partial charge in [0.05, 0.1) is 6.04 Å². The molecule has 0 aliphatic rings. The van der Waals surface area contributed by atoms with Crippen molar-refractivity contribution in [1.82, 2.24) is 0 Å². The van der Waals surface area contributed by atoms with Crippen molar-refractivity contribution in [2.75, 3.05) is 11.9 Å². The Kier molecular flexibility index (Phi) is 4.50. The number of anilines is 1. The Hall–Kier alpha value is -1.46. The van der Waals surface area contributed by atoms with Gasteiger partial charge in [0, 0.05) is 16.7 Å². The molecule has 0 saturated carbocycles. The fourth-order valence-electron chi connectivity index (χ4n) is 1.75. The zero-order valence-corrected chi connectivity index (χ0v) is 11.6. The Morgan fingerprint density at radius 2 is 1.74 bits per heavy atom. The van der Waals surface area contributed by atoms with E-state index in [1.165, 1.54) is 12.1 Å². The summed E-state index contributed by atoms with van der Waals surface area (Å²) in [5, 5.41) is 3.18. The molecule has 0 bridgehead atoms. The molecule has 0 fully saturated rings. The van der Waals surface area contributed by atoms with E-state index in [-0.39, 0.29) is 12.6 Å². The predicted octanol–water partition coefficient (Wildman–Crippen LogP) is 3.84. The highest BCUT2D eigenvalue weighted by molar-refractivity contribution is 9.10. The molecule has 0 amide bonds. The summed E-state index contributed by atoms with van der Waals surface area (Å²) in [7, 11) is 0. The second kappa shape index (κ2) is 6.12. The Bertz CT molecular complexity index is 558. The summed E-state index contributed by atoms with van der Waals surface area (Å²) in [6.45, 7) is 0.279. The highest BCUT2D eigenvalue weighted by Gasteiger charge is 2.12. The van der Waals surface area contributed by atoms with Crippen LogP contribution in [-0.4, -0.2) is 6.54 Å². The summed E-state index contributed by atoms with van der Waals surface area (Å²) in [6, 6.07) is 11.1. The molecule has 2 aromatic rings. The van der Waals surface area contributed by atoms with Crippen molar-refractivity contribution in [3.63, 3.8) is 0 Å². The largest absolute Gasteiger partial charge is 0.377 e. The van der Waals surface area contributed by atoms with E-state index in [2.05, 4.69) is 21.2 Å². The standard InChI is InChI=1S/C14H13BrF2N2/c15-10-2-4-11(5-3-10)19-14(8-18)9-1-6-12(16)13(17)7-9/h1-7,14,19H,8,18H2. The number of rotatable bonds is 4. The third-order valence-electron chi connectivity index (χ3n) is 2.77. The van der Waals surface area contributed by atoms with Crippen LogP contribution in [0.25, 0.3) is 0 Å². The molecule has 2 nitrogen and oxygen atoms in total. The van der Waals surface area contributed by atoms with Crippen LogP contribution in [0.1, 0.15) is 11.6 Å². The van der Waals surface area contributed by atoms with Gasteiger partial charge in [-0.15, -0.1) is 0 Å². The van der Waals surface area contributed by atoms with Gasteiger partial charge in [-0.1, -0.05) is 22.0 Å². The number of benzene rings is 2. The number of nitrogens with two attached hydrogens (primary N) is 1. The summed E-state index contributed by atoms with van der Waals surface area (Å²) in [6.07, 6.45) is 0. The lowest BCUT2D eigenvalue weighted by Gasteiger charge is -2.19. The molecule has 0 heterocycles. The monoisotopic (exact) mass is 326 g/mol. The molecule has 19 heavy (non-hydrogen) atoms. The summed E-state index contributed by atoms with van der Waals surface area (Å²) in [5.74, 6) is -1.73. The van der Waals surface area contributed by atoms with Gasteiger partial charge in [0.1, 0.15) is 0 Å². The van der Waals surface area contributed by atoms with Crippen LogP contribution in [0.3, 0.4) is 0 Å². The maximum atomic E-state index is 13.2. The van der Waals surface area contributed by atoms with Gasteiger partial charge in [0.15, 0.2) is 11.6 Å². The maximum absolute atomic E-state index is 13.2. The van der Waals surface area contributed by atoms with Gasteiger partial charge in [-0.3, -0.25) is 0 Å². The number of hydrogen-bond donors (Lipinski definition) is 2. The average Bonchev–Trinajstić information content (AvgIpc) is 2.41. The van der Waals surface area contributed by atoms with Crippen LogP contribution in [-0.2, 0) is 0 Å². The third kappa shape index (κ3) is 3.52. The summed E-state index contributed by atoms with van der Waals surface area (Å²) in [5.41, 5.74) is 7.16. The molecule has 1 unspecified atom stereocenters. The lowest BCUT2D eigenvalue weighted by molar-refractivity contribution is 0.506. The van der Waals surface area contributed by atoms with Gasteiger partial charge in [-0.25, -0.2) is 8.78 Å². The molecular formula is C14H13BrF2N2. The first-order valence-electron chi connectivity index (χ1n) is 5.77. The summed E-state index contributed by atoms with van der Waals surface area (Å²) >= 11 is 3.35. The Balaban J connectivity index is 2.19. The van der Waals surface area contributed by atoms with E-state index in [0.29, 0.717) is 5.56 Å². The van der Waals surface area contributed by atoms with Gasteiger partial charge < -0.3 is 11.1 Å². The van der Waals surface area contributed by atoms with Crippen molar-refractivity contribution in [2.24, 2.45) is 5.73 Å². The lowest BCUT2D eigenvalue weighted by atomic mass is 10.1. The van der Waals surface area contributed by atoms with Gasteiger partial charge >= 0.3 is 0 Å². The Labute approximate surface area is 118 Å². The van der Waals surface area contributed by atoms with Crippen molar-refractivity contribution >= 4 is 21.6 Å². The molecule has 0 aliphatic heterocycles. The number of nitrogens with one attached hydrogen (secondary N) is 1. The van der Waals surface area contributed by atoms with E-state index < -0.39 is 11.6 Å². The van der Waals surface area contributed by atoms with Gasteiger partial charge in [0.25, 0.3) is 0 Å². The summed E-state index contributed by atoms with van der Waals surface area (Å²) < 4.78 is 27.1. The van der Waals surface area contributed by atoms with Crippen molar-refractivity contribution in [3.8, 4) is 0 Å². The van der Waals surface area contributed by atoms with Gasteiger partial charge in [-0.05, 0) is 42.0 Å². The minimum atomic E-state index is -0.867. The van der Waals surface area contributed by atoms with Crippen LogP contribution in [0.2, 0.25) is 0 Å². The molecule has 100 valence electrons. The first-order valence-corrected chi connectivity index (χ1v) is 6.56. The second-order valence-corrected chi connectivity index (χ2v) is 5.03. The SMILES string of the molecule is NCC(Nc1ccc(Br)cc1)c1ccc(F)c(F)c1. The first-order chi connectivity index (χ1) is 9.10. The van der Waals surface area contributed by atoms with Crippen LogP contribution < -0.4 is 11.1 Å². The lowest BCUT2D eigenvalue weighted by Crippen LogP contribution is -2.20. The van der Waals surface area contributed by atoms with E-state index in [1.807, 2.05) is 24.3 Å². The van der Waals surface area contributed by atoms with Gasteiger partial charge in [-0.2, -0.15) is 0 Å². The smallest absolute Gasteiger partial charge is 0.159 e. The zero-order valence-electron chi connectivity index (χ0n) is 10.0. The molecule has 1 atom stereocenters. The van der Waals surface area contributed by atoms with Crippen molar-refractivity contribution in [3.05, 3.63) is 64.1 Å². The van der Waals surface area contributed by atoms with Crippen LogP contribution in [0.15, 0.2) is 46.9 Å². The van der Waals surface area contributed by atoms with E-state index >= 15 is 0 Å². The van der Waals surface area contributed by atoms with Crippen LogP contribution in [0, 0.1) is 11.6 Å². The van der Waals surface area contributed by atoms with Crippen molar-refractivity contribution in [1.29, 1.82) is 0 Å². The second-order valence-electron chi connectivity index (χ2n) is 4.11. The number of halogens is 3. The normalized spacial score (nSPS) is 12.2. The highest BCUT2D eigenvalue weighted by Crippen LogP contribution is 2.22. The molecule has 0 spiro atoms. The van der Waals surface area contributed by atoms with E-state index in [0.717, 1.165) is 16.2 Å². The molecule has 0 aliphatic carbocycles. The molecule has 2 rings (SSSR count). The van der Waals surface area contributed by atoms with E-state index in [4.69, 9.17) is 5.73 Å². The molecule has 5 heteroatoms. The fraction of sp³-hybridized carbons (Fsp3) is 0.143. The van der Waals surface area contributed by atoms with E-state index in [9.17, 15) is 8.78 Å². The van der Waals surface area contributed by atoms with Crippen LogP contribution >= 0.6 is 15.9 Å². The van der Waals surface area contributed by atoms with Crippen molar-refractivity contribution in [2.45, 2.75) is 6.04 Å². The van der Waals surface area contributed by atoms with Crippen LogP contribution in [0.4, 0.5) is 14.5 Å². The topological polar surface area (TPSA) is 38.0 Å². The molecule has 3 N–H and O–H groups in total. The quantitative estimate of drug-likeness (QED) is 0.895. The third-order valence-corrected chi connectivity index (χ3v) is 3.30. The molecule has 0 radical (unpaired) electrons. The number of hydrogen-bond acceptors (Lipinski definition) is 2. The minimum Gasteiger partial charge on any atom is -0.377 e. The Morgan fingerprint density at radius 3 is 2.32 bits per heavy atom. The molecular weight excluding hydrogens is 314 g/mol. The molecule has 0 aromatic heterocycles. The highest BCUT2D eigenvalue weighted by atomic mass is 79.9. The molecule has 2 aromatic carbocycles. The summed E-state index contributed by atoms with van der Waals surface area (Å²) in [4.78, 5) is 0. The minimum absolute atomic E-state index is 0.267. The predicted molar refractivity (Wildman–Crippen MR) is 75.9 cm³/mol. The van der Waals surface area contributed by atoms with Crippen LogP contribution in [0.5, 0.6) is 0 Å². The van der Waals surface area contributed by atoms with E-state index in [1.54, 1.807) is 0 Å². The average molecular weight is 327 g/mol. The first kappa shape index (κ1) is 14.0. The van der Waals surface area contributed by atoms with Crippen molar-refractivity contribution < 1.29 is 8.78 Å².